The van der Waals surface area contributed by atoms with E-state index in [9.17, 15) is 9.59 Å². The number of fused-ring (bicyclic) bond motifs is 1. The van der Waals surface area contributed by atoms with Crippen molar-refractivity contribution in [1.82, 2.24) is 9.97 Å². The lowest BCUT2D eigenvalue weighted by atomic mass is 9.69. The molecule has 0 radical (unpaired) electrons. The Kier molecular flexibility index (Phi) is 5.17. The van der Waals surface area contributed by atoms with E-state index in [0.29, 0.717) is 45.7 Å². The van der Waals surface area contributed by atoms with E-state index in [1.165, 1.54) is 11.8 Å². The van der Waals surface area contributed by atoms with E-state index in [-0.39, 0.29) is 16.8 Å². The second-order valence-corrected chi connectivity index (χ2v) is 9.56. The molecule has 5 nitrogen and oxygen atoms in total. The van der Waals surface area contributed by atoms with E-state index in [0.717, 1.165) is 11.3 Å². The Bertz CT molecular complexity index is 1100. The summed E-state index contributed by atoms with van der Waals surface area (Å²) in [5.74, 6) is 0.640. The third-order valence-corrected chi connectivity index (χ3v) is 6.47. The number of aromatic amines is 1. The minimum absolute atomic E-state index is 0.0452. The van der Waals surface area contributed by atoms with E-state index in [4.69, 9.17) is 11.6 Å². The SMILES string of the molecule is C=CCSc1nc2c(c(=O)[nH]1)[C@H](c1ccccc1Cl)C1=C(CC(C)(C)CC1=O)N2. The lowest BCUT2D eigenvalue weighted by molar-refractivity contribution is -0.118. The first-order chi connectivity index (χ1) is 13.8. The number of anilines is 1. The predicted octanol–water partition coefficient (Wildman–Crippen LogP) is 4.90. The second-order valence-electron chi connectivity index (χ2n) is 8.15. The predicted molar refractivity (Wildman–Crippen MR) is 118 cm³/mol. The van der Waals surface area contributed by atoms with Gasteiger partial charge in [-0.2, -0.15) is 0 Å². The number of Topliss-reactive ketones (excluding diaryl/α,β-unsaturated/α-hetero) is 1. The maximum absolute atomic E-state index is 13.2. The van der Waals surface area contributed by atoms with Crippen LogP contribution in [0, 0.1) is 5.41 Å². The summed E-state index contributed by atoms with van der Waals surface area (Å²) in [6.07, 6.45) is 2.90. The first-order valence-corrected chi connectivity index (χ1v) is 10.8. The van der Waals surface area contributed by atoms with Crippen LogP contribution in [0.15, 0.2) is 58.1 Å². The van der Waals surface area contributed by atoms with Crippen LogP contribution < -0.4 is 10.9 Å². The average molecular weight is 428 g/mol. The van der Waals surface area contributed by atoms with E-state index in [2.05, 4.69) is 35.7 Å². The molecule has 1 atom stereocenters. The van der Waals surface area contributed by atoms with Gasteiger partial charge in [-0.1, -0.05) is 61.5 Å². The van der Waals surface area contributed by atoms with Crippen LogP contribution in [0.3, 0.4) is 0 Å². The number of thioether (sulfide) groups is 1. The van der Waals surface area contributed by atoms with Crippen molar-refractivity contribution in [3.05, 3.63) is 74.7 Å². The molecule has 0 saturated heterocycles. The van der Waals surface area contributed by atoms with E-state index < -0.39 is 5.92 Å². The third kappa shape index (κ3) is 3.67. The van der Waals surface area contributed by atoms with Crippen LogP contribution in [0.4, 0.5) is 5.82 Å². The highest BCUT2D eigenvalue weighted by molar-refractivity contribution is 7.99. The molecule has 0 amide bonds. The lowest BCUT2D eigenvalue weighted by Gasteiger charge is -2.38. The van der Waals surface area contributed by atoms with Crippen molar-refractivity contribution in [2.75, 3.05) is 11.1 Å². The second kappa shape index (κ2) is 7.50. The summed E-state index contributed by atoms with van der Waals surface area (Å²) in [4.78, 5) is 33.8. The molecule has 2 aromatic rings. The van der Waals surface area contributed by atoms with Gasteiger partial charge < -0.3 is 10.3 Å². The Labute approximate surface area is 178 Å². The van der Waals surface area contributed by atoms with E-state index in [1.807, 2.05) is 18.2 Å². The Morgan fingerprint density at radius 3 is 2.79 bits per heavy atom. The Hall–Kier alpha value is -2.31. The number of hydrogen-bond donors (Lipinski definition) is 2. The number of benzene rings is 1. The number of hydrogen-bond acceptors (Lipinski definition) is 5. The number of carbonyl (C=O) groups excluding carboxylic acids is 1. The topological polar surface area (TPSA) is 74.8 Å². The molecule has 2 N–H and O–H groups in total. The van der Waals surface area contributed by atoms with Crippen molar-refractivity contribution < 1.29 is 4.79 Å². The Morgan fingerprint density at radius 2 is 2.07 bits per heavy atom. The summed E-state index contributed by atoms with van der Waals surface area (Å²) in [6.45, 7) is 7.86. The first-order valence-electron chi connectivity index (χ1n) is 9.46. The van der Waals surface area contributed by atoms with E-state index >= 15 is 0 Å². The molecule has 7 heteroatoms. The van der Waals surface area contributed by atoms with Crippen LogP contribution in [-0.2, 0) is 4.79 Å². The minimum atomic E-state index is -0.534. The molecular weight excluding hydrogens is 406 g/mol. The number of rotatable bonds is 4. The van der Waals surface area contributed by atoms with Crippen molar-refractivity contribution in [2.45, 2.75) is 37.8 Å². The Morgan fingerprint density at radius 1 is 1.31 bits per heavy atom. The highest BCUT2D eigenvalue weighted by Gasteiger charge is 2.42. The van der Waals surface area contributed by atoms with Crippen molar-refractivity contribution in [1.29, 1.82) is 0 Å². The maximum atomic E-state index is 13.2. The van der Waals surface area contributed by atoms with Crippen molar-refractivity contribution in [3.8, 4) is 0 Å². The van der Waals surface area contributed by atoms with Gasteiger partial charge in [0.1, 0.15) is 5.82 Å². The van der Waals surface area contributed by atoms with Crippen molar-refractivity contribution in [2.24, 2.45) is 5.41 Å². The highest BCUT2D eigenvalue weighted by Crippen LogP contribution is 2.48. The van der Waals surface area contributed by atoms with Crippen LogP contribution in [-0.4, -0.2) is 21.5 Å². The van der Waals surface area contributed by atoms with Gasteiger partial charge in [0.15, 0.2) is 10.9 Å². The molecule has 1 aromatic heterocycles. The molecule has 0 fully saturated rings. The first kappa shape index (κ1) is 20.0. The van der Waals surface area contributed by atoms with E-state index in [1.54, 1.807) is 12.1 Å². The fraction of sp³-hybridized carbons (Fsp3) is 0.318. The summed E-state index contributed by atoms with van der Waals surface area (Å²) in [5.41, 5.74) is 2.23. The number of ketones is 1. The summed E-state index contributed by atoms with van der Waals surface area (Å²) in [5, 5.41) is 4.35. The summed E-state index contributed by atoms with van der Waals surface area (Å²) < 4.78 is 0. The largest absolute Gasteiger partial charge is 0.343 e. The van der Waals surface area contributed by atoms with Gasteiger partial charge in [0.05, 0.1) is 5.56 Å². The maximum Gasteiger partial charge on any atom is 0.257 e. The normalized spacial score (nSPS) is 20.0. The molecule has 29 heavy (non-hydrogen) atoms. The van der Waals surface area contributed by atoms with Crippen LogP contribution in [0.1, 0.15) is 43.7 Å². The molecule has 2 aliphatic rings. The quantitative estimate of drug-likeness (QED) is 0.412. The minimum Gasteiger partial charge on any atom is -0.343 e. The van der Waals surface area contributed by atoms with Gasteiger partial charge in [0.2, 0.25) is 0 Å². The molecule has 150 valence electrons. The number of aromatic nitrogens is 2. The number of carbonyl (C=O) groups is 1. The number of H-pyrrole nitrogens is 1. The van der Waals surface area contributed by atoms with Gasteiger partial charge in [-0.15, -0.1) is 6.58 Å². The fourth-order valence-electron chi connectivity index (χ4n) is 4.12. The van der Waals surface area contributed by atoms with Gasteiger partial charge in [0, 0.05) is 34.4 Å². The fourth-order valence-corrected chi connectivity index (χ4v) is 4.96. The molecule has 0 unspecified atom stereocenters. The van der Waals surface area contributed by atoms with Crippen molar-refractivity contribution in [3.63, 3.8) is 0 Å². The molecule has 1 aliphatic heterocycles. The molecule has 1 aliphatic carbocycles. The van der Waals surface area contributed by atoms with Gasteiger partial charge in [0.25, 0.3) is 5.56 Å². The monoisotopic (exact) mass is 427 g/mol. The van der Waals surface area contributed by atoms with Crippen LogP contribution in [0.5, 0.6) is 0 Å². The van der Waals surface area contributed by atoms with Crippen LogP contribution in [0.2, 0.25) is 5.02 Å². The average Bonchev–Trinajstić information content (AvgIpc) is 2.64. The van der Waals surface area contributed by atoms with Crippen molar-refractivity contribution >= 4 is 35.0 Å². The molecule has 4 rings (SSSR count). The molecular formula is C22H22ClN3O2S. The van der Waals surface area contributed by atoms with Gasteiger partial charge in [-0.3, -0.25) is 9.59 Å². The highest BCUT2D eigenvalue weighted by atomic mass is 35.5. The summed E-state index contributed by atoms with van der Waals surface area (Å²) in [7, 11) is 0. The zero-order chi connectivity index (χ0) is 20.8. The zero-order valence-electron chi connectivity index (χ0n) is 16.3. The Balaban J connectivity index is 1.95. The van der Waals surface area contributed by atoms with Gasteiger partial charge in [-0.05, 0) is 23.5 Å². The molecule has 1 aromatic carbocycles. The smallest absolute Gasteiger partial charge is 0.257 e. The number of nitrogens with zero attached hydrogens (tertiary/aromatic N) is 1. The third-order valence-electron chi connectivity index (χ3n) is 5.25. The standard InChI is InChI=1S/C22H22ClN3O2S/c1-4-9-29-21-25-19-18(20(28)26-21)16(12-7-5-6-8-13(12)23)17-14(24-19)10-22(2,3)11-15(17)27/h4-8,16H,1,9-11H2,2-3H3,(H2,24,25,26,28)/t16-/m1/s1. The molecule has 0 saturated carbocycles. The molecule has 0 bridgehead atoms. The van der Waals surface area contributed by atoms with Gasteiger partial charge >= 0.3 is 0 Å². The molecule has 2 heterocycles. The summed E-state index contributed by atoms with van der Waals surface area (Å²) in [6, 6.07) is 7.37. The lowest BCUT2D eigenvalue weighted by Crippen LogP contribution is -2.37. The zero-order valence-corrected chi connectivity index (χ0v) is 17.9. The van der Waals surface area contributed by atoms with Crippen LogP contribution >= 0.6 is 23.4 Å². The molecule has 0 spiro atoms. The number of nitrogens with one attached hydrogen (secondary N) is 2. The van der Waals surface area contributed by atoms with Gasteiger partial charge in [-0.25, -0.2) is 4.98 Å². The number of allylic oxidation sites excluding steroid dienone is 2. The van der Waals surface area contributed by atoms with Crippen LogP contribution in [0.25, 0.3) is 0 Å². The summed E-state index contributed by atoms with van der Waals surface area (Å²) >= 11 is 7.91. The number of halogens is 1.